The predicted octanol–water partition coefficient (Wildman–Crippen LogP) is 2.38. The van der Waals surface area contributed by atoms with Crippen LogP contribution in [0.15, 0.2) is 42.7 Å². The number of pyridine rings is 1. The van der Waals surface area contributed by atoms with E-state index in [1.54, 1.807) is 12.4 Å². The summed E-state index contributed by atoms with van der Waals surface area (Å²) in [4.78, 5) is 3.78. The maximum Gasteiger partial charge on any atom is 0.0267 e. The number of nitrogens with zero attached hydrogens (tertiary/aromatic N) is 1. The average molecular weight is 247 g/mol. The molecule has 1 aromatic rings. The van der Waals surface area contributed by atoms with Crippen LogP contribution in [0, 0.1) is 0 Å². The Bertz CT molecular complexity index is 235. The van der Waals surface area contributed by atoms with Gasteiger partial charge in [-0.25, -0.2) is 0 Å². The van der Waals surface area contributed by atoms with Gasteiger partial charge in [0.2, 0.25) is 0 Å². The van der Waals surface area contributed by atoms with E-state index in [2.05, 4.69) is 27.8 Å². The monoisotopic (exact) mass is 247 g/mol. The van der Waals surface area contributed by atoms with Gasteiger partial charge in [-0.1, -0.05) is 18.2 Å². The van der Waals surface area contributed by atoms with Crippen molar-refractivity contribution in [3.8, 4) is 0 Å². The highest BCUT2D eigenvalue weighted by Crippen LogP contribution is 2.07. The van der Waals surface area contributed by atoms with E-state index in [1.165, 1.54) is 25.7 Å². The Hall–Kier alpha value is -1.19. The minimum Gasteiger partial charge on any atom is -0.314 e. The third-order valence-electron chi connectivity index (χ3n) is 2.68. The van der Waals surface area contributed by atoms with E-state index in [-0.39, 0.29) is 0 Å². The molecule has 100 valence electrons. The summed E-state index contributed by atoms with van der Waals surface area (Å²) in [5.41, 5.74) is 0. The zero-order chi connectivity index (χ0) is 12.7. The Morgan fingerprint density at radius 3 is 1.33 bits per heavy atom. The molecule has 1 saturated heterocycles. The summed E-state index contributed by atoms with van der Waals surface area (Å²) in [5.74, 6) is 0. The van der Waals surface area contributed by atoms with Crippen molar-refractivity contribution in [1.29, 1.82) is 0 Å². The van der Waals surface area contributed by atoms with Crippen LogP contribution in [-0.4, -0.2) is 31.2 Å². The first-order valence-electron chi connectivity index (χ1n) is 6.91. The molecule has 0 aromatic carbocycles. The molecule has 0 spiro atoms. The molecule has 18 heavy (non-hydrogen) atoms. The molecule has 2 N–H and O–H groups in total. The fourth-order valence-corrected chi connectivity index (χ4v) is 1.68. The summed E-state index contributed by atoms with van der Waals surface area (Å²) in [5, 5.41) is 6.44. The number of hydrogen-bond donors (Lipinski definition) is 2. The van der Waals surface area contributed by atoms with Crippen molar-refractivity contribution in [3.63, 3.8) is 0 Å². The number of rotatable bonds is 0. The van der Waals surface area contributed by atoms with Gasteiger partial charge in [0.1, 0.15) is 0 Å². The van der Waals surface area contributed by atoms with Gasteiger partial charge in [-0.2, -0.15) is 0 Å². The number of allylic oxidation sites excluding steroid dienone is 2. The molecule has 0 amide bonds. The lowest BCUT2D eigenvalue weighted by Crippen LogP contribution is -2.39. The molecule has 1 fully saturated rings. The number of piperazine rings is 1. The first-order chi connectivity index (χ1) is 9.00. The van der Waals surface area contributed by atoms with Gasteiger partial charge in [0.05, 0.1) is 0 Å². The summed E-state index contributed by atoms with van der Waals surface area (Å²) in [6.45, 7) is 4.56. The number of nitrogens with one attached hydrogen (secondary N) is 2. The normalized spacial score (nSPS) is 17.8. The van der Waals surface area contributed by atoms with Crippen molar-refractivity contribution in [2.45, 2.75) is 25.7 Å². The van der Waals surface area contributed by atoms with Crippen molar-refractivity contribution >= 4 is 0 Å². The van der Waals surface area contributed by atoms with E-state index in [9.17, 15) is 0 Å². The Morgan fingerprint density at radius 1 is 0.667 bits per heavy atom. The summed E-state index contributed by atoms with van der Waals surface area (Å²) in [6.07, 6.45) is 13.5. The fraction of sp³-hybridized carbons (Fsp3) is 0.533. The van der Waals surface area contributed by atoms with Gasteiger partial charge in [-0.3, -0.25) is 4.98 Å². The molecule has 3 rings (SSSR count). The molecule has 3 heteroatoms. The first kappa shape index (κ1) is 14.9. The third-order valence-corrected chi connectivity index (χ3v) is 2.68. The molecule has 0 atom stereocenters. The number of hydrogen-bond acceptors (Lipinski definition) is 3. The van der Waals surface area contributed by atoms with Gasteiger partial charge in [-0.15, -0.1) is 0 Å². The molecule has 1 aliphatic carbocycles. The van der Waals surface area contributed by atoms with Gasteiger partial charge >= 0.3 is 0 Å². The molecular weight excluding hydrogens is 222 g/mol. The van der Waals surface area contributed by atoms with E-state index < -0.39 is 0 Å². The number of aromatic nitrogens is 1. The molecule has 3 nitrogen and oxygen atoms in total. The van der Waals surface area contributed by atoms with Crippen molar-refractivity contribution < 1.29 is 0 Å². The average Bonchev–Trinajstić information content (AvgIpc) is 2.54. The van der Waals surface area contributed by atoms with Crippen LogP contribution >= 0.6 is 0 Å². The van der Waals surface area contributed by atoms with E-state index in [4.69, 9.17) is 0 Å². The Kier molecular flexibility index (Phi) is 10.1. The van der Waals surface area contributed by atoms with Crippen molar-refractivity contribution in [2.75, 3.05) is 26.2 Å². The Balaban J connectivity index is 0.000000135. The lowest BCUT2D eigenvalue weighted by molar-refractivity contribution is 0.534. The lowest BCUT2D eigenvalue weighted by Gasteiger charge is -2.11. The predicted molar refractivity (Wildman–Crippen MR) is 77.6 cm³/mol. The summed E-state index contributed by atoms with van der Waals surface area (Å²) < 4.78 is 0. The quantitative estimate of drug-likeness (QED) is 0.691. The van der Waals surface area contributed by atoms with E-state index in [1.807, 2.05) is 18.2 Å². The molecule has 2 heterocycles. The van der Waals surface area contributed by atoms with Crippen LogP contribution in [0.2, 0.25) is 0 Å². The minimum absolute atomic E-state index is 1.14. The fourth-order valence-electron chi connectivity index (χ4n) is 1.68. The molecule has 2 aliphatic rings. The van der Waals surface area contributed by atoms with Crippen LogP contribution in [0.25, 0.3) is 0 Å². The molecule has 0 bridgehead atoms. The maximum atomic E-state index is 3.78. The van der Waals surface area contributed by atoms with Crippen LogP contribution < -0.4 is 10.6 Å². The van der Waals surface area contributed by atoms with Crippen LogP contribution in [0.3, 0.4) is 0 Å². The van der Waals surface area contributed by atoms with Crippen LogP contribution in [0.4, 0.5) is 0 Å². The standard InChI is InChI=1S/C6H10.C5H5N.C4H10N2/c2*1-2-4-6-5-3-1;1-2-6-4-3-5-1/h1-2H,3-6H2;1-5H;5-6H,1-4H2. The molecular formula is C15H25N3. The van der Waals surface area contributed by atoms with Crippen LogP contribution in [0.1, 0.15) is 25.7 Å². The Labute approximate surface area is 111 Å². The third kappa shape index (κ3) is 10.00. The highest BCUT2D eigenvalue weighted by atomic mass is 15.0. The molecule has 0 saturated carbocycles. The van der Waals surface area contributed by atoms with E-state index in [0.717, 1.165) is 26.2 Å². The van der Waals surface area contributed by atoms with Crippen molar-refractivity contribution in [1.82, 2.24) is 15.6 Å². The second-order valence-corrected chi connectivity index (χ2v) is 4.28. The van der Waals surface area contributed by atoms with Gasteiger partial charge in [-0.05, 0) is 37.8 Å². The highest BCUT2D eigenvalue weighted by molar-refractivity contribution is 4.88. The summed E-state index contributed by atoms with van der Waals surface area (Å²) >= 11 is 0. The summed E-state index contributed by atoms with van der Waals surface area (Å²) in [7, 11) is 0. The van der Waals surface area contributed by atoms with Gasteiger partial charge < -0.3 is 10.6 Å². The molecule has 0 unspecified atom stereocenters. The Morgan fingerprint density at radius 2 is 1.17 bits per heavy atom. The largest absolute Gasteiger partial charge is 0.314 e. The minimum atomic E-state index is 1.14. The van der Waals surface area contributed by atoms with Crippen LogP contribution in [0.5, 0.6) is 0 Å². The topological polar surface area (TPSA) is 37.0 Å². The molecule has 1 aromatic heterocycles. The first-order valence-corrected chi connectivity index (χ1v) is 6.91. The van der Waals surface area contributed by atoms with Crippen molar-refractivity contribution in [3.05, 3.63) is 42.7 Å². The van der Waals surface area contributed by atoms with Gasteiger partial charge in [0.15, 0.2) is 0 Å². The molecule has 0 radical (unpaired) electrons. The second kappa shape index (κ2) is 12.3. The maximum absolute atomic E-state index is 3.78. The van der Waals surface area contributed by atoms with E-state index in [0.29, 0.717) is 0 Å². The highest BCUT2D eigenvalue weighted by Gasteiger charge is 1.91. The lowest BCUT2D eigenvalue weighted by atomic mass is 10.1. The van der Waals surface area contributed by atoms with Crippen molar-refractivity contribution in [2.24, 2.45) is 0 Å². The second-order valence-electron chi connectivity index (χ2n) is 4.28. The summed E-state index contributed by atoms with van der Waals surface area (Å²) in [6, 6.07) is 5.72. The van der Waals surface area contributed by atoms with Gasteiger partial charge in [0, 0.05) is 38.6 Å². The molecule has 1 aliphatic heterocycles. The zero-order valence-electron chi connectivity index (χ0n) is 11.1. The smallest absolute Gasteiger partial charge is 0.0267 e. The zero-order valence-corrected chi connectivity index (χ0v) is 11.1. The van der Waals surface area contributed by atoms with Gasteiger partial charge in [0.25, 0.3) is 0 Å². The van der Waals surface area contributed by atoms with E-state index >= 15 is 0 Å². The van der Waals surface area contributed by atoms with Crippen LogP contribution in [-0.2, 0) is 0 Å². The SMILES string of the molecule is C1=CCCCC1.C1CNCCN1.c1ccncc1.